The summed E-state index contributed by atoms with van der Waals surface area (Å²) in [7, 11) is 0. The Morgan fingerprint density at radius 3 is 2.44 bits per heavy atom. The van der Waals surface area contributed by atoms with Crippen LogP contribution in [0.5, 0.6) is 0 Å². The fourth-order valence-corrected chi connectivity index (χ4v) is 2.89. The van der Waals surface area contributed by atoms with E-state index in [9.17, 15) is 14.0 Å². The quantitative estimate of drug-likeness (QED) is 0.905. The third kappa shape index (κ3) is 5.26. The van der Waals surface area contributed by atoms with E-state index in [0.717, 1.165) is 6.42 Å². The van der Waals surface area contributed by atoms with Gasteiger partial charge in [-0.1, -0.05) is 32.9 Å². The number of carbonyl (C=O) groups is 2. The third-order valence-electron chi connectivity index (χ3n) is 4.60. The number of nitrogens with two attached hydrogens (primary N) is 1. The monoisotopic (exact) mass is 349 g/mol. The summed E-state index contributed by atoms with van der Waals surface area (Å²) in [6.07, 6.45) is 0.894. The molecule has 2 N–H and O–H groups in total. The van der Waals surface area contributed by atoms with Crippen LogP contribution in [-0.4, -0.2) is 53.8 Å². The van der Waals surface area contributed by atoms with Gasteiger partial charge in [0.15, 0.2) is 0 Å². The summed E-state index contributed by atoms with van der Waals surface area (Å²) >= 11 is 0. The number of amides is 2. The van der Waals surface area contributed by atoms with Crippen LogP contribution in [0.15, 0.2) is 24.3 Å². The van der Waals surface area contributed by atoms with Gasteiger partial charge in [0.25, 0.3) is 0 Å². The Balaban J connectivity index is 1.94. The molecule has 2 amide bonds. The van der Waals surface area contributed by atoms with Gasteiger partial charge in [0.2, 0.25) is 11.8 Å². The average molecular weight is 349 g/mol. The van der Waals surface area contributed by atoms with Gasteiger partial charge in [-0.3, -0.25) is 9.59 Å². The molecule has 6 heteroatoms. The molecule has 2 rings (SSSR count). The minimum absolute atomic E-state index is 0.0416. The van der Waals surface area contributed by atoms with Crippen molar-refractivity contribution in [2.45, 2.75) is 39.7 Å². The number of carbonyl (C=O) groups excluding carboxylic acids is 2. The molecule has 1 atom stereocenters. The highest BCUT2D eigenvalue weighted by Crippen LogP contribution is 2.20. The summed E-state index contributed by atoms with van der Waals surface area (Å²) in [6.45, 7) is 8.01. The molecule has 1 fully saturated rings. The van der Waals surface area contributed by atoms with Gasteiger partial charge < -0.3 is 15.5 Å². The molecule has 1 aromatic carbocycles. The van der Waals surface area contributed by atoms with Crippen LogP contribution in [0.25, 0.3) is 0 Å². The molecule has 1 aliphatic heterocycles. The van der Waals surface area contributed by atoms with E-state index in [1.165, 1.54) is 12.1 Å². The average Bonchev–Trinajstić information content (AvgIpc) is 2.78. The second-order valence-electron chi connectivity index (χ2n) is 7.71. The van der Waals surface area contributed by atoms with Gasteiger partial charge in [0, 0.05) is 26.2 Å². The van der Waals surface area contributed by atoms with E-state index < -0.39 is 6.04 Å². The number of nitrogens with zero attached hydrogens (tertiary/aromatic N) is 2. The summed E-state index contributed by atoms with van der Waals surface area (Å²) in [5.74, 6) is -0.443. The van der Waals surface area contributed by atoms with Crippen LogP contribution >= 0.6 is 0 Å². The highest BCUT2D eigenvalue weighted by atomic mass is 19.1. The van der Waals surface area contributed by atoms with Crippen LogP contribution in [0.4, 0.5) is 4.39 Å². The Labute approximate surface area is 149 Å². The predicted molar refractivity (Wildman–Crippen MR) is 95.3 cm³/mol. The zero-order valence-electron chi connectivity index (χ0n) is 15.3. The molecule has 0 aliphatic carbocycles. The van der Waals surface area contributed by atoms with Crippen molar-refractivity contribution in [3.05, 3.63) is 35.6 Å². The Morgan fingerprint density at radius 1 is 1.16 bits per heavy atom. The second kappa shape index (κ2) is 7.95. The molecule has 1 heterocycles. The molecule has 0 radical (unpaired) electrons. The van der Waals surface area contributed by atoms with Crippen molar-refractivity contribution in [2.75, 3.05) is 26.2 Å². The summed E-state index contributed by atoms with van der Waals surface area (Å²) in [5, 5.41) is 0. The van der Waals surface area contributed by atoms with Crippen molar-refractivity contribution in [2.24, 2.45) is 11.1 Å². The summed E-state index contributed by atoms with van der Waals surface area (Å²) < 4.78 is 13.3. The maximum absolute atomic E-state index is 13.3. The van der Waals surface area contributed by atoms with Gasteiger partial charge in [0.1, 0.15) is 5.82 Å². The number of hydrogen-bond acceptors (Lipinski definition) is 3. The van der Waals surface area contributed by atoms with E-state index in [1.54, 1.807) is 21.9 Å². The summed E-state index contributed by atoms with van der Waals surface area (Å²) in [5.41, 5.74) is 6.45. The highest BCUT2D eigenvalue weighted by molar-refractivity contribution is 5.83. The lowest BCUT2D eigenvalue weighted by atomic mass is 9.86. The van der Waals surface area contributed by atoms with Crippen LogP contribution in [0, 0.1) is 11.2 Å². The van der Waals surface area contributed by atoms with E-state index in [0.29, 0.717) is 31.7 Å². The van der Waals surface area contributed by atoms with Crippen molar-refractivity contribution in [1.82, 2.24) is 9.80 Å². The molecule has 138 valence electrons. The number of hydrogen-bond donors (Lipinski definition) is 1. The Bertz CT molecular complexity index is 627. The van der Waals surface area contributed by atoms with E-state index in [1.807, 2.05) is 20.8 Å². The largest absolute Gasteiger partial charge is 0.341 e. The molecule has 1 aromatic rings. The molecule has 1 aliphatic rings. The molecule has 0 spiro atoms. The lowest BCUT2D eigenvalue weighted by molar-refractivity contribution is -0.135. The first-order chi connectivity index (χ1) is 11.7. The van der Waals surface area contributed by atoms with Crippen LogP contribution in [-0.2, 0) is 16.0 Å². The molecule has 0 unspecified atom stereocenters. The third-order valence-corrected chi connectivity index (χ3v) is 4.60. The van der Waals surface area contributed by atoms with E-state index >= 15 is 0 Å². The van der Waals surface area contributed by atoms with E-state index in [2.05, 4.69) is 0 Å². The number of halogens is 1. The lowest BCUT2D eigenvalue weighted by Crippen LogP contribution is -2.51. The van der Waals surface area contributed by atoms with Crippen LogP contribution in [0.1, 0.15) is 32.8 Å². The Kier molecular flexibility index (Phi) is 6.16. The van der Waals surface area contributed by atoms with Gasteiger partial charge in [0.05, 0.1) is 12.5 Å². The first kappa shape index (κ1) is 19.4. The second-order valence-corrected chi connectivity index (χ2v) is 7.71. The van der Waals surface area contributed by atoms with Crippen molar-refractivity contribution in [3.63, 3.8) is 0 Å². The predicted octanol–water partition coefficient (Wildman–Crippen LogP) is 1.80. The van der Waals surface area contributed by atoms with Gasteiger partial charge in [-0.05, 0) is 29.5 Å². The SMILES string of the molecule is CC(C)(C)[C@H](N)C(=O)N1CCCN(C(=O)Cc2cccc(F)c2)CC1. The lowest BCUT2D eigenvalue weighted by Gasteiger charge is -2.31. The molecule has 0 saturated carbocycles. The number of benzene rings is 1. The van der Waals surface area contributed by atoms with E-state index in [-0.39, 0.29) is 29.5 Å². The minimum Gasteiger partial charge on any atom is -0.341 e. The molecule has 25 heavy (non-hydrogen) atoms. The van der Waals surface area contributed by atoms with Crippen molar-refractivity contribution < 1.29 is 14.0 Å². The van der Waals surface area contributed by atoms with Crippen LogP contribution in [0.3, 0.4) is 0 Å². The van der Waals surface area contributed by atoms with Crippen molar-refractivity contribution in [1.29, 1.82) is 0 Å². The first-order valence-electron chi connectivity index (χ1n) is 8.75. The number of rotatable bonds is 3. The van der Waals surface area contributed by atoms with Gasteiger partial charge in [-0.2, -0.15) is 0 Å². The Hall–Kier alpha value is -1.95. The maximum Gasteiger partial charge on any atom is 0.240 e. The topological polar surface area (TPSA) is 66.6 Å². The summed E-state index contributed by atoms with van der Waals surface area (Å²) in [6, 6.07) is 5.54. The molecule has 5 nitrogen and oxygen atoms in total. The Morgan fingerprint density at radius 2 is 1.80 bits per heavy atom. The zero-order chi connectivity index (χ0) is 18.6. The molecule has 0 bridgehead atoms. The van der Waals surface area contributed by atoms with Crippen molar-refractivity contribution >= 4 is 11.8 Å². The molecule has 0 aromatic heterocycles. The van der Waals surface area contributed by atoms with E-state index in [4.69, 9.17) is 5.73 Å². The van der Waals surface area contributed by atoms with Crippen molar-refractivity contribution in [3.8, 4) is 0 Å². The first-order valence-corrected chi connectivity index (χ1v) is 8.75. The standard InChI is InChI=1S/C19H28FN3O2/c1-19(2,3)17(21)18(25)23-9-5-8-22(10-11-23)16(24)13-14-6-4-7-15(20)12-14/h4,6-7,12,17H,5,8-11,13,21H2,1-3H3/t17-/m1/s1. The van der Waals surface area contributed by atoms with Gasteiger partial charge in [-0.25, -0.2) is 4.39 Å². The zero-order valence-corrected chi connectivity index (χ0v) is 15.3. The molecular formula is C19H28FN3O2. The van der Waals surface area contributed by atoms with Gasteiger partial charge >= 0.3 is 0 Å². The fourth-order valence-electron chi connectivity index (χ4n) is 2.89. The van der Waals surface area contributed by atoms with Crippen LogP contribution < -0.4 is 5.73 Å². The minimum atomic E-state index is -0.554. The van der Waals surface area contributed by atoms with Gasteiger partial charge in [-0.15, -0.1) is 0 Å². The summed E-state index contributed by atoms with van der Waals surface area (Å²) in [4.78, 5) is 28.5. The normalized spacial score (nSPS) is 17.2. The maximum atomic E-state index is 13.3. The van der Waals surface area contributed by atoms with Crippen LogP contribution in [0.2, 0.25) is 0 Å². The fraction of sp³-hybridized carbons (Fsp3) is 0.579. The molecule has 1 saturated heterocycles. The highest BCUT2D eigenvalue weighted by Gasteiger charge is 2.32. The molecular weight excluding hydrogens is 321 g/mol. The smallest absolute Gasteiger partial charge is 0.240 e.